The zero-order chi connectivity index (χ0) is 16.7. The van der Waals surface area contributed by atoms with E-state index in [0.29, 0.717) is 11.3 Å². The number of rotatable bonds is 5. The van der Waals surface area contributed by atoms with Crippen LogP contribution in [0.25, 0.3) is 0 Å². The van der Waals surface area contributed by atoms with E-state index in [0.717, 1.165) is 11.1 Å². The number of aryl methyl sites for hydroxylation is 1. The van der Waals surface area contributed by atoms with Gasteiger partial charge in [-0.3, -0.25) is 9.59 Å². The summed E-state index contributed by atoms with van der Waals surface area (Å²) in [5.41, 5.74) is 2.79. The second-order valence-electron chi connectivity index (χ2n) is 5.09. The summed E-state index contributed by atoms with van der Waals surface area (Å²) in [6, 6.07) is 16.3. The van der Waals surface area contributed by atoms with Crippen molar-refractivity contribution in [3.8, 4) is 6.07 Å². The number of benzene rings is 2. The molecule has 0 radical (unpaired) electrons. The normalized spacial score (nSPS) is 9.74. The van der Waals surface area contributed by atoms with Crippen molar-refractivity contribution < 1.29 is 9.59 Å². The molecule has 0 atom stereocenters. The second kappa shape index (κ2) is 7.76. The van der Waals surface area contributed by atoms with Crippen LogP contribution in [0.3, 0.4) is 0 Å². The summed E-state index contributed by atoms with van der Waals surface area (Å²) >= 11 is 0. The molecule has 116 valence electrons. The number of anilines is 1. The minimum absolute atomic E-state index is 0.134. The monoisotopic (exact) mass is 307 g/mol. The quantitative estimate of drug-likeness (QED) is 0.888. The number of nitrogens with zero attached hydrogens (tertiary/aromatic N) is 1. The lowest BCUT2D eigenvalue weighted by molar-refractivity contribution is -0.123. The van der Waals surface area contributed by atoms with Crippen molar-refractivity contribution in [3.05, 3.63) is 65.2 Å². The summed E-state index contributed by atoms with van der Waals surface area (Å²) in [5.74, 6) is -0.589. The fourth-order valence-electron chi connectivity index (χ4n) is 2.11. The molecule has 0 bridgehead atoms. The average molecular weight is 307 g/mol. The molecule has 2 amide bonds. The van der Waals surface area contributed by atoms with Crippen molar-refractivity contribution in [2.24, 2.45) is 0 Å². The molecule has 5 heteroatoms. The van der Waals surface area contributed by atoms with Gasteiger partial charge < -0.3 is 10.6 Å². The number of nitrogens with one attached hydrogen (secondary N) is 2. The highest BCUT2D eigenvalue weighted by Gasteiger charge is 2.09. The summed E-state index contributed by atoms with van der Waals surface area (Å²) in [6.07, 6.45) is 0.231. The summed E-state index contributed by atoms with van der Waals surface area (Å²) < 4.78 is 0. The number of hydrogen-bond donors (Lipinski definition) is 2. The van der Waals surface area contributed by atoms with Crippen molar-refractivity contribution in [2.45, 2.75) is 13.3 Å². The molecule has 2 rings (SSSR count). The minimum atomic E-state index is -0.370. The highest BCUT2D eigenvalue weighted by atomic mass is 16.2. The Labute approximate surface area is 134 Å². The molecule has 0 fully saturated rings. The van der Waals surface area contributed by atoms with E-state index in [1.165, 1.54) is 0 Å². The highest BCUT2D eigenvalue weighted by molar-refractivity contribution is 5.95. The lowest BCUT2D eigenvalue weighted by Crippen LogP contribution is -2.34. The van der Waals surface area contributed by atoms with Gasteiger partial charge in [-0.2, -0.15) is 5.26 Å². The van der Waals surface area contributed by atoms with Crippen LogP contribution in [0.1, 0.15) is 16.7 Å². The maximum absolute atomic E-state index is 11.9. The van der Waals surface area contributed by atoms with Gasteiger partial charge in [-0.05, 0) is 30.2 Å². The van der Waals surface area contributed by atoms with E-state index in [4.69, 9.17) is 5.26 Å². The van der Waals surface area contributed by atoms with Gasteiger partial charge in [0.05, 0.1) is 24.2 Å². The Morgan fingerprint density at radius 3 is 2.48 bits per heavy atom. The van der Waals surface area contributed by atoms with Crippen molar-refractivity contribution in [3.63, 3.8) is 0 Å². The van der Waals surface area contributed by atoms with Crippen LogP contribution in [0.2, 0.25) is 0 Å². The van der Waals surface area contributed by atoms with Crippen LogP contribution in [-0.2, 0) is 16.0 Å². The number of hydrogen-bond acceptors (Lipinski definition) is 3. The van der Waals surface area contributed by atoms with Crippen LogP contribution in [0.4, 0.5) is 5.69 Å². The first-order valence-electron chi connectivity index (χ1n) is 7.20. The number of nitriles is 1. The highest BCUT2D eigenvalue weighted by Crippen LogP contribution is 2.13. The lowest BCUT2D eigenvalue weighted by atomic mass is 10.1. The zero-order valence-electron chi connectivity index (χ0n) is 12.8. The van der Waals surface area contributed by atoms with E-state index in [9.17, 15) is 9.59 Å². The van der Waals surface area contributed by atoms with E-state index in [-0.39, 0.29) is 24.8 Å². The molecule has 0 spiro atoms. The summed E-state index contributed by atoms with van der Waals surface area (Å²) in [6.45, 7) is 1.80. The van der Waals surface area contributed by atoms with E-state index >= 15 is 0 Å². The van der Waals surface area contributed by atoms with E-state index < -0.39 is 0 Å². The Kier molecular flexibility index (Phi) is 5.48. The zero-order valence-corrected chi connectivity index (χ0v) is 12.8. The Morgan fingerprint density at radius 1 is 1.04 bits per heavy atom. The molecule has 0 saturated carbocycles. The number of para-hydroxylation sites is 1. The van der Waals surface area contributed by atoms with Gasteiger partial charge in [0.25, 0.3) is 0 Å². The van der Waals surface area contributed by atoms with Crippen molar-refractivity contribution in [1.29, 1.82) is 5.26 Å². The summed E-state index contributed by atoms with van der Waals surface area (Å²) in [4.78, 5) is 23.8. The third kappa shape index (κ3) is 4.68. The maximum Gasteiger partial charge on any atom is 0.243 e. The smallest absolute Gasteiger partial charge is 0.243 e. The third-order valence-electron chi connectivity index (χ3n) is 3.38. The second-order valence-corrected chi connectivity index (χ2v) is 5.09. The molecule has 2 aromatic carbocycles. The Bertz CT molecular complexity index is 763. The Balaban J connectivity index is 1.86. The molecule has 0 saturated heterocycles. The van der Waals surface area contributed by atoms with Crippen LogP contribution >= 0.6 is 0 Å². The molecule has 0 aliphatic heterocycles. The average Bonchev–Trinajstić information content (AvgIpc) is 2.55. The van der Waals surface area contributed by atoms with Crippen molar-refractivity contribution in [1.82, 2.24) is 5.32 Å². The van der Waals surface area contributed by atoms with Gasteiger partial charge in [-0.15, -0.1) is 0 Å². The first-order valence-corrected chi connectivity index (χ1v) is 7.20. The summed E-state index contributed by atoms with van der Waals surface area (Å²) in [5, 5.41) is 14.2. The third-order valence-corrected chi connectivity index (χ3v) is 3.38. The summed E-state index contributed by atoms with van der Waals surface area (Å²) in [7, 11) is 0. The topological polar surface area (TPSA) is 82.0 Å². The first kappa shape index (κ1) is 16.2. The van der Waals surface area contributed by atoms with Gasteiger partial charge in [-0.25, -0.2) is 0 Å². The van der Waals surface area contributed by atoms with Crippen LogP contribution < -0.4 is 10.6 Å². The van der Waals surface area contributed by atoms with E-state index in [1.807, 2.05) is 37.3 Å². The molecule has 5 nitrogen and oxygen atoms in total. The van der Waals surface area contributed by atoms with Gasteiger partial charge in [0.15, 0.2) is 0 Å². The number of amides is 2. The van der Waals surface area contributed by atoms with Crippen LogP contribution in [0, 0.1) is 18.3 Å². The molecular formula is C18H17N3O2. The van der Waals surface area contributed by atoms with Crippen LogP contribution in [0.5, 0.6) is 0 Å². The van der Waals surface area contributed by atoms with Crippen LogP contribution in [0.15, 0.2) is 48.5 Å². The molecule has 0 aliphatic carbocycles. The number of carbonyl (C=O) groups excluding carboxylic acids is 2. The Morgan fingerprint density at radius 2 is 1.74 bits per heavy atom. The molecule has 2 N–H and O–H groups in total. The molecule has 2 aromatic rings. The van der Waals surface area contributed by atoms with Crippen molar-refractivity contribution in [2.75, 3.05) is 11.9 Å². The molecular weight excluding hydrogens is 290 g/mol. The predicted molar refractivity (Wildman–Crippen MR) is 87.7 cm³/mol. The van der Waals surface area contributed by atoms with E-state index in [1.54, 1.807) is 24.3 Å². The van der Waals surface area contributed by atoms with Gasteiger partial charge in [0.1, 0.15) is 6.07 Å². The predicted octanol–water partition coefficient (Wildman–Crippen LogP) is 2.16. The van der Waals surface area contributed by atoms with Gasteiger partial charge in [-0.1, -0.05) is 36.4 Å². The molecule has 0 heterocycles. The molecule has 23 heavy (non-hydrogen) atoms. The van der Waals surface area contributed by atoms with Crippen LogP contribution in [-0.4, -0.2) is 18.4 Å². The number of carbonyl (C=O) groups is 2. The standard InChI is InChI=1S/C18H17N3O2/c1-13-6-2-3-7-14(13)10-17(22)20-12-18(23)21-16-9-5-4-8-15(16)11-19/h2-9H,10,12H2,1H3,(H,20,22)(H,21,23). The fourth-order valence-corrected chi connectivity index (χ4v) is 2.11. The van der Waals surface area contributed by atoms with Crippen molar-refractivity contribution >= 4 is 17.5 Å². The van der Waals surface area contributed by atoms with Gasteiger partial charge >= 0.3 is 0 Å². The maximum atomic E-state index is 11.9. The van der Waals surface area contributed by atoms with E-state index in [2.05, 4.69) is 10.6 Å². The molecule has 0 aliphatic rings. The Hall–Kier alpha value is -3.13. The molecule has 0 unspecified atom stereocenters. The minimum Gasteiger partial charge on any atom is -0.347 e. The van der Waals surface area contributed by atoms with Gasteiger partial charge in [0.2, 0.25) is 11.8 Å². The SMILES string of the molecule is Cc1ccccc1CC(=O)NCC(=O)Nc1ccccc1C#N. The fraction of sp³-hybridized carbons (Fsp3) is 0.167. The lowest BCUT2D eigenvalue weighted by Gasteiger charge is -2.09. The largest absolute Gasteiger partial charge is 0.347 e. The first-order chi connectivity index (χ1) is 11.1. The van der Waals surface area contributed by atoms with Gasteiger partial charge in [0, 0.05) is 0 Å². The molecule has 0 aromatic heterocycles.